The van der Waals surface area contributed by atoms with E-state index in [4.69, 9.17) is 8.85 Å². The van der Waals surface area contributed by atoms with E-state index in [-0.39, 0.29) is 18.0 Å². The number of para-hydroxylation sites is 1. The number of ether oxygens (including phenoxy) is 1. The number of likely N-dealkylation sites (tertiary alicyclic amines) is 1. The molecular formula is C20H30N6O3. The molecule has 1 aromatic carbocycles. The summed E-state index contributed by atoms with van der Waals surface area (Å²) < 4.78 is 31.5. The van der Waals surface area contributed by atoms with Crippen LogP contribution < -0.4 is 10.6 Å². The zero-order valence-corrected chi connectivity index (χ0v) is 17.0. The van der Waals surface area contributed by atoms with Crippen LogP contribution in [0.5, 0.6) is 0 Å². The fraction of sp³-hybridized carbons (Fsp3) is 0.600. The molecule has 0 bridgehead atoms. The number of hydrogen-bond acceptors (Lipinski definition) is 6. The first-order valence-corrected chi connectivity index (χ1v) is 10.0. The summed E-state index contributed by atoms with van der Waals surface area (Å²) in [7, 11) is -2.66. The molecule has 0 spiro atoms. The molecule has 0 radical (unpaired) electrons. The van der Waals surface area contributed by atoms with Crippen LogP contribution in [0.4, 0.5) is 5.69 Å². The highest BCUT2D eigenvalue weighted by Gasteiger charge is 2.43. The highest BCUT2D eigenvalue weighted by molar-refractivity contribution is 5.94. The first kappa shape index (κ1) is 17.3. The Balaban J connectivity index is 1.79. The SMILES string of the molecule is [2H]C([2H])([2H])OC1(N(C(=O)CC)c2ccccc2)CCN(CCn2nnn(CC)c2=O)CC1. The Morgan fingerprint density at radius 3 is 2.45 bits per heavy atom. The number of aromatic nitrogens is 4. The van der Waals surface area contributed by atoms with E-state index in [1.54, 1.807) is 19.1 Å². The van der Waals surface area contributed by atoms with Crippen molar-refractivity contribution >= 4 is 11.6 Å². The van der Waals surface area contributed by atoms with E-state index in [1.807, 2.05) is 25.1 Å². The average molecular weight is 406 g/mol. The normalized spacial score (nSPS) is 18.6. The molecule has 9 nitrogen and oxygen atoms in total. The Labute approximate surface area is 175 Å². The van der Waals surface area contributed by atoms with E-state index in [1.165, 1.54) is 14.3 Å². The molecule has 0 N–H and O–H groups in total. The molecule has 1 aromatic heterocycles. The van der Waals surface area contributed by atoms with Gasteiger partial charge in [-0.1, -0.05) is 25.1 Å². The molecule has 0 saturated carbocycles. The molecule has 1 amide bonds. The van der Waals surface area contributed by atoms with Gasteiger partial charge < -0.3 is 9.64 Å². The van der Waals surface area contributed by atoms with Gasteiger partial charge in [-0.2, -0.15) is 9.36 Å². The number of hydrogen-bond donors (Lipinski definition) is 0. The highest BCUT2D eigenvalue weighted by Crippen LogP contribution is 2.34. The molecule has 2 aromatic rings. The van der Waals surface area contributed by atoms with Crippen molar-refractivity contribution in [1.82, 2.24) is 24.7 Å². The monoisotopic (exact) mass is 405 g/mol. The Bertz CT molecular complexity index is 951. The summed E-state index contributed by atoms with van der Waals surface area (Å²) in [5, 5.41) is 7.71. The maximum atomic E-state index is 13.0. The van der Waals surface area contributed by atoms with Gasteiger partial charge in [0.25, 0.3) is 0 Å². The fourth-order valence-electron chi connectivity index (χ4n) is 3.72. The third-order valence-corrected chi connectivity index (χ3v) is 5.43. The lowest BCUT2D eigenvalue weighted by Crippen LogP contribution is -2.59. The topological polar surface area (TPSA) is 85.5 Å². The minimum atomic E-state index is -2.66. The van der Waals surface area contributed by atoms with Gasteiger partial charge in [-0.15, -0.1) is 0 Å². The van der Waals surface area contributed by atoms with E-state index in [2.05, 4.69) is 15.3 Å². The van der Waals surface area contributed by atoms with Gasteiger partial charge in [0.05, 0.1) is 10.7 Å². The summed E-state index contributed by atoms with van der Waals surface area (Å²) in [6.45, 7) is 5.98. The van der Waals surface area contributed by atoms with Crippen molar-refractivity contribution in [3.63, 3.8) is 0 Å². The molecular weight excluding hydrogens is 372 g/mol. The van der Waals surface area contributed by atoms with Crippen LogP contribution in [0.2, 0.25) is 0 Å². The molecule has 0 aliphatic carbocycles. The number of aryl methyl sites for hydroxylation is 1. The maximum absolute atomic E-state index is 13.0. The van der Waals surface area contributed by atoms with Crippen LogP contribution >= 0.6 is 0 Å². The Morgan fingerprint density at radius 1 is 1.17 bits per heavy atom. The summed E-state index contributed by atoms with van der Waals surface area (Å²) in [6.07, 6.45) is 0.867. The smallest absolute Gasteiger partial charge is 0.358 e. The molecule has 3 rings (SSSR count). The van der Waals surface area contributed by atoms with Crippen molar-refractivity contribution < 1.29 is 13.6 Å². The van der Waals surface area contributed by atoms with Crippen LogP contribution in [-0.4, -0.2) is 63.0 Å². The molecule has 1 fully saturated rings. The number of tetrazole rings is 1. The number of methoxy groups -OCH3 is 1. The van der Waals surface area contributed by atoms with Gasteiger partial charge in [0.1, 0.15) is 5.72 Å². The third-order valence-electron chi connectivity index (χ3n) is 5.43. The second kappa shape index (κ2) is 9.32. The van der Waals surface area contributed by atoms with Crippen LogP contribution in [0.25, 0.3) is 0 Å². The summed E-state index contributed by atoms with van der Waals surface area (Å²) in [6, 6.07) is 9.03. The Hall–Kier alpha value is -2.52. The molecule has 158 valence electrons. The number of benzene rings is 1. The van der Waals surface area contributed by atoms with Crippen molar-refractivity contribution in [1.29, 1.82) is 0 Å². The summed E-state index contributed by atoms with van der Waals surface area (Å²) in [5.74, 6) is -0.198. The van der Waals surface area contributed by atoms with E-state index in [0.29, 0.717) is 51.3 Å². The number of amides is 1. The third kappa shape index (κ3) is 4.40. The van der Waals surface area contributed by atoms with Gasteiger partial charge in [0.15, 0.2) is 0 Å². The van der Waals surface area contributed by atoms with Gasteiger partial charge in [-0.3, -0.25) is 9.69 Å². The quantitative estimate of drug-likeness (QED) is 0.616. The maximum Gasteiger partial charge on any atom is 0.363 e. The van der Waals surface area contributed by atoms with Crippen molar-refractivity contribution in [3.8, 4) is 0 Å². The van der Waals surface area contributed by atoms with Crippen molar-refractivity contribution in [2.45, 2.75) is 51.9 Å². The van der Waals surface area contributed by atoms with E-state index >= 15 is 0 Å². The van der Waals surface area contributed by atoms with Crippen LogP contribution in [0, 0.1) is 0 Å². The zero-order valence-electron chi connectivity index (χ0n) is 20.0. The summed E-state index contributed by atoms with van der Waals surface area (Å²) in [5.41, 5.74) is -0.925. The van der Waals surface area contributed by atoms with E-state index in [0.717, 1.165) is 0 Å². The largest absolute Gasteiger partial charge is 0.363 e. The number of piperidine rings is 1. The lowest BCUT2D eigenvalue weighted by Gasteiger charge is -2.47. The lowest BCUT2D eigenvalue weighted by atomic mass is 9.96. The number of rotatable bonds is 8. The minimum absolute atomic E-state index is 0.198. The molecule has 1 saturated heterocycles. The number of carbonyl (C=O) groups is 1. The van der Waals surface area contributed by atoms with E-state index in [9.17, 15) is 9.59 Å². The van der Waals surface area contributed by atoms with Crippen molar-refractivity contribution in [2.24, 2.45) is 0 Å². The average Bonchev–Trinajstić information content (AvgIpc) is 3.12. The van der Waals surface area contributed by atoms with Crippen molar-refractivity contribution in [2.75, 3.05) is 31.6 Å². The molecule has 29 heavy (non-hydrogen) atoms. The van der Waals surface area contributed by atoms with E-state index < -0.39 is 12.8 Å². The zero-order chi connectivity index (χ0) is 23.4. The molecule has 2 heterocycles. The summed E-state index contributed by atoms with van der Waals surface area (Å²) in [4.78, 5) is 28.7. The van der Waals surface area contributed by atoms with Crippen LogP contribution in [-0.2, 0) is 22.6 Å². The molecule has 9 heteroatoms. The van der Waals surface area contributed by atoms with Gasteiger partial charge in [-0.05, 0) is 29.5 Å². The summed E-state index contributed by atoms with van der Waals surface area (Å²) >= 11 is 0. The van der Waals surface area contributed by atoms with Crippen LogP contribution in [0.15, 0.2) is 35.1 Å². The van der Waals surface area contributed by atoms with Crippen LogP contribution in [0.1, 0.15) is 37.2 Å². The second-order valence-electron chi connectivity index (χ2n) is 7.11. The minimum Gasteiger partial charge on any atom is -0.358 e. The van der Waals surface area contributed by atoms with Crippen LogP contribution in [0.3, 0.4) is 0 Å². The number of anilines is 1. The number of carbonyl (C=O) groups excluding carboxylic acids is 1. The molecule has 1 aliphatic rings. The first-order chi connectivity index (χ1) is 15.2. The predicted octanol–water partition coefficient (Wildman–Crippen LogP) is 1.34. The molecule has 0 unspecified atom stereocenters. The van der Waals surface area contributed by atoms with Crippen molar-refractivity contribution in [3.05, 3.63) is 40.8 Å². The van der Waals surface area contributed by atoms with Gasteiger partial charge in [0, 0.05) is 58.2 Å². The fourth-order valence-corrected chi connectivity index (χ4v) is 3.72. The molecule has 1 aliphatic heterocycles. The van der Waals surface area contributed by atoms with Gasteiger partial charge >= 0.3 is 5.69 Å². The van der Waals surface area contributed by atoms with Gasteiger partial charge in [-0.25, -0.2) is 4.79 Å². The standard InChI is InChI=1S/C20H30N6O3/c1-4-18(27)26(17-9-7-6-8-10-17)20(29-3)11-13-23(14-12-20)15-16-25-19(28)24(5-2)21-22-25/h6-10H,4-5,11-16H2,1-3H3/i3D3. The Morgan fingerprint density at radius 2 is 1.86 bits per heavy atom. The first-order valence-electron chi connectivity index (χ1n) is 11.5. The second-order valence-corrected chi connectivity index (χ2v) is 7.11. The lowest BCUT2D eigenvalue weighted by molar-refractivity contribution is -0.128. The molecule has 0 atom stereocenters. The van der Waals surface area contributed by atoms with Gasteiger partial charge in [0.2, 0.25) is 5.91 Å². The Kier molecular flexibility index (Phi) is 5.57. The number of nitrogens with zero attached hydrogens (tertiary/aromatic N) is 6. The predicted molar refractivity (Wildman–Crippen MR) is 110 cm³/mol. The highest BCUT2D eigenvalue weighted by atomic mass is 16.5.